The minimum atomic E-state index is -0.309. The molecule has 2 aromatic carbocycles. The fourth-order valence-corrected chi connectivity index (χ4v) is 3.62. The van der Waals surface area contributed by atoms with Crippen molar-refractivity contribution in [1.29, 1.82) is 0 Å². The third-order valence-electron chi connectivity index (χ3n) is 5.04. The van der Waals surface area contributed by atoms with Gasteiger partial charge in [-0.3, -0.25) is 19.7 Å². The smallest absolute Gasteiger partial charge is 0.232 e. The van der Waals surface area contributed by atoms with Crippen molar-refractivity contribution in [2.24, 2.45) is 5.92 Å². The summed E-state index contributed by atoms with van der Waals surface area (Å²) in [5.74, 6) is -0.261. The molecule has 4 rings (SSSR count). The lowest BCUT2D eigenvalue weighted by Gasteiger charge is -2.25. The average Bonchev–Trinajstić information content (AvgIpc) is 2.99. The highest BCUT2D eigenvalue weighted by molar-refractivity contribution is 6.03. The number of nitrogens with one attached hydrogen (secondary N) is 2. The van der Waals surface area contributed by atoms with Gasteiger partial charge in [0.2, 0.25) is 17.7 Å². The molecule has 138 valence electrons. The van der Waals surface area contributed by atoms with E-state index in [-0.39, 0.29) is 36.0 Å². The molecule has 0 aromatic heterocycles. The predicted octanol–water partition coefficient (Wildman–Crippen LogP) is 2.40. The van der Waals surface area contributed by atoms with E-state index in [1.54, 1.807) is 0 Å². The molecule has 2 aliphatic rings. The second-order valence-corrected chi connectivity index (χ2v) is 6.93. The summed E-state index contributed by atoms with van der Waals surface area (Å²) in [5.41, 5.74) is 2.58. The molecule has 1 saturated heterocycles. The van der Waals surface area contributed by atoms with Crippen LogP contribution >= 0.6 is 0 Å². The number of para-hydroxylation sites is 1. The minimum Gasteiger partial charge on any atom is -0.493 e. The summed E-state index contributed by atoms with van der Waals surface area (Å²) in [7, 11) is 0. The zero-order valence-electron chi connectivity index (χ0n) is 14.7. The van der Waals surface area contributed by atoms with E-state index in [9.17, 15) is 14.4 Å². The van der Waals surface area contributed by atoms with Gasteiger partial charge in [-0.25, -0.2) is 0 Å². The van der Waals surface area contributed by atoms with Crippen molar-refractivity contribution in [1.82, 2.24) is 5.32 Å². The summed E-state index contributed by atoms with van der Waals surface area (Å²) in [4.78, 5) is 35.7. The maximum Gasteiger partial charge on any atom is 0.232 e. The van der Waals surface area contributed by atoms with E-state index in [1.165, 1.54) is 0 Å². The molecule has 0 unspecified atom stereocenters. The highest BCUT2D eigenvalue weighted by Crippen LogP contribution is 2.34. The van der Waals surface area contributed by atoms with Crippen molar-refractivity contribution in [3.8, 4) is 5.75 Å². The van der Waals surface area contributed by atoms with Crippen LogP contribution in [0.25, 0.3) is 0 Å². The Bertz CT molecular complexity index is 891. The van der Waals surface area contributed by atoms with Crippen molar-refractivity contribution in [3.05, 3.63) is 59.7 Å². The molecule has 1 fully saturated rings. The molecule has 2 aliphatic heterocycles. The number of hydrogen-bond acceptors (Lipinski definition) is 4. The van der Waals surface area contributed by atoms with Gasteiger partial charge in [-0.2, -0.15) is 0 Å². The van der Waals surface area contributed by atoms with E-state index < -0.39 is 0 Å². The molecule has 0 saturated carbocycles. The van der Waals surface area contributed by atoms with Crippen LogP contribution in [0.15, 0.2) is 48.5 Å². The van der Waals surface area contributed by atoms with Gasteiger partial charge in [-0.05, 0) is 36.6 Å². The Morgan fingerprint density at radius 1 is 1.11 bits per heavy atom. The molecule has 0 aliphatic carbocycles. The number of amides is 3. The second kappa shape index (κ2) is 7.23. The number of benzene rings is 2. The molecule has 2 atom stereocenters. The van der Waals surface area contributed by atoms with Gasteiger partial charge in [0.25, 0.3) is 0 Å². The first-order valence-electron chi connectivity index (χ1n) is 9.05. The number of imide groups is 1. The highest BCUT2D eigenvalue weighted by Gasteiger charge is 2.30. The van der Waals surface area contributed by atoms with Gasteiger partial charge in [-0.1, -0.05) is 30.3 Å². The normalized spacial score (nSPS) is 21.2. The molecule has 0 bridgehead atoms. The molecule has 3 amide bonds. The summed E-state index contributed by atoms with van der Waals surface area (Å²) in [6.45, 7) is 0.524. The van der Waals surface area contributed by atoms with Gasteiger partial charge in [0.1, 0.15) is 5.75 Å². The van der Waals surface area contributed by atoms with Gasteiger partial charge in [-0.15, -0.1) is 0 Å². The van der Waals surface area contributed by atoms with Crippen molar-refractivity contribution in [3.63, 3.8) is 0 Å². The van der Waals surface area contributed by atoms with Crippen LogP contribution in [0, 0.1) is 5.92 Å². The zero-order chi connectivity index (χ0) is 18.8. The summed E-state index contributed by atoms with van der Waals surface area (Å²) < 4.78 is 5.61. The Hall–Kier alpha value is -3.15. The van der Waals surface area contributed by atoms with Gasteiger partial charge in [0.05, 0.1) is 18.4 Å². The number of fused-ring (bicyclic) bond motifs is 1. The Kier molecular flexibility index (Phi) is 4.62. The monoisotopic (exact) mass is 364 g/mol. The standard InChI is InChI=1S/C21H20N2O4/c24-19-12-14(20(25)23-19)11-13-5-7-15(8-6-13)22-21(26)17-9-10-27-18-4-2-1-3-16(17)18/h1-8,14,17H,9-12H2,(H,22,26)(H,23,24,25)/t14-,17-/m1/s1. The molecule has 2 aromatic rings. The first-order valence-corrected chi connectivity index (χ1v) is 9.05. The van der Waals surface area contributed by atoms with Crippen LogP contribution in [0.3, 0.4) is 0 Å². The first kappa shape index (κ1) is 17.3. The fourth-order valence-electron chi connectivity index (χ4n) is 3.62. The van der Waals surface area contributed by atoms with Crippen molar-refractivity contribution in [2.45, 2.75) is 25.2 Å². The lowest BCUT2D eigenvalue weighted by Crippen LogP contribution is -2.26. The number of ether oxygens (including phenoxy) is 1. The molecular weight excluding hydrogens is 344 g/mol. The Labute approximate surface area is 156 Å². The lowest BCUT2D eigenvalue weighted by molar-refractivity contribution is -0.125. The summed E-state index contributed by atoms with van der Waals surface area (Å²) in [5, 5.41) is 5.29. The fraction of sp³-hybridized carbons (Fsp3) is 0.286. The van der Waals surface area contributed by atoms with Crippen LogP contribution < -0.4 is 15.4 Å². The van der Waals surface area contributed by atoms with E-state index in [4.69, 9.17) is 4.74 Å². The van der Waals surface area contributed by atoms with Gasteiger partial charge in [0.15, 0.2) is 0 Å². The number of carbonyl (C=O) groups is 3. The summed E-state index contributed by atoms with van der Waals surface area (Å²) >= 11 is 0. The van der Waals surface area contributed by atoms with Crippen LogP contribution in [0.2, 0.25) is 0 Å². The van der Waals surface area contributed by atoms with Crippen molar-refractivity contribution < 1.29 is 19.1 Å². The second-order valence-electron chi connectivity index (χ2n) is 6.93. The SMILES string of the molecule is O=C1C[C@@H](Cc2ccc(NC(=O)[C@@H]3CCOc4ccccc43)cc2)C(=O)N1. The van der Waals surface area contributed by atoms with E-state index in [1.807, 2.05) is 48.5 Å². The van der Waals surface area contributed by atoms with Crippen LogP contribution in [0.4, 0.5) is 5.69 Å². The quantitative estimate of drug-likeness (QED) is 0.816. The van der Waals surface area contributed by atoms with Crippen LogP contribution in [0.5, 0.6) is 5.75 Å². The molecule has 6 nitrogen and oxygen atoms in total. The number of carbonyl (C=O) groups excluding carboxylic acids is 3. The first-order chi connectivity index (χ1) is 13.1. The number of anilines is 1. The molecule has 2 N–H and O–H groups in total. The topological polar surface area (TPSA) is 84.5 Å². The lowest BCUT2D eigenvalue weighted by atomic mass is 9.92. The maximum atomic E-state index is 12.7. The van der Waals surface area contributed by atoms with Crippen LogP contribution in [0.1, 0.15) is 29.9 Å². The number of hydrogen-bond donors (Lipinski definition) is 2. The third kappa shape index (κ3) is 3.69. The molecule has 0 radical (unpaired) electrons. The largest absolute Gasteiger partial charge is 0.493 e. The van der Waals surface area contributed by atoms with Crippen molar-refractivity contribution in [2.75, 3.05) is 11.9 Å². The highest BCUT2D eigenvalue weighted by atomic mass is 16.5. The Balaban J connectivity index is 1.41. The predicted molar refractivity (Wildman–Crippen MR) is 99.3 cm³/mol. The van der Waals surface area contributed by atoms with E-state index in [0.717, 1.165) is 16.9 Å². The van der Waals surface area contributed by atoms with E-state index in [2.05, 4.69) is 10.6 Å². The van der Waals surface area contributed by atoms with E-state index in [0.29, 0.717) is 25.1 Å². The van der Waals surface area contributed by atoms with Crippen molar-refractivity contribution >= 4 is 23.4 Å². The number of rotatable bonds is 4. The van der Waals surface area contributed by atoms with Crippen LogP contribution in [-0.4, -0.2) is 24.3 Å². The molecular formula is C21H20N2O4. The van der Waals surface area contributed by atoms with Gasteiger partial charge >= 0.3 is 0 Å². The Morgan fingerprint density at radius 2 is 1.89 bits per heavy atom. The minimum absolute atomic E-state index is 0.0562. The molecule has 0 spiro atoms. The van der Waals surface area contributed by atoms with E-state index >= 15 is 0 Å². The zero-order valence-corrected chi connectivity index (χ0v) is 14.7. The van der Waals surface area contributed by atoms with Gasteiger partial charge in [0, 0.05) is 17.7 Å². The third-order valence-corrected chi connectivity index (χ3v) is 5.04. The molecule has 27 heavy (non-hydrogen) atoms. The summed E-state index contributed by atoms with van der Waals surface area (Å²) in [6.07, 6.45) is 1.39. The Morgan fingerprint density at radius 3 is 2.63 bits per heavy atom. The summed E-state index contributed by atoms with van der Waals surface area (Å²) in [6, 6.07) is 15.0. The maximum absolute atomic E-state index is 12.7. The molecule has 6 heteroatoms. The van der Waals surface area contributed by atoms with Gasteiger partial charge < -0.3 is 10.1 Å². The van der Waals surface area contributed by atoms with Crippen LogP contribution in [-0.2, 0) is 20.8 Å². The average molecular weight is 364 g/mol. The molecule has 2 heterocycles.